The van der Waals surface area contributed by atoms with E-state index in [9.17, 15) is 9.59 Å². The minimum absolute atomic E-state index is 0.262. The minimum atomic E-state index is -0.291. The monoisotopic (exact) mass is 239 g/mol. The molecule has 1 heterocycles. The summed E-state index contributed by atoms with van der Waals surface area (Å²) in [6.07, 6.45) is 4.50. The molecule has 1 saturated carbocycles. The van der Waals surface area contributed by atoms with Gasteiger partial charge in [0.1, 0.15) is 0 Å². The Hall–Kier alpha value is -1.10. The molecule has 96 valence electrons. The third-order valence-corrected chi connectivity index (χ3v) is 3.77. The molecule has 0 spiro atoms. The lowest BCUT2D eigenvalue weighted by atomic mass is 10.1. The first-order valence-electron chi connectivity index (χ1n) is 6.46. The predicted octanol–water partition coefficient (Wildman–Crippen LogP) is -0.194. The highest BCUT2D eigenvalue weighted by Gasteiger charge is 2.29. The fourth-order valence-electron chi connectivity index (χ4n) is 2.78. The summed E-state index contributed by atoms with van der Waals surface area (Å²) in [7, 11) is 0. The van der Waals surface area contributed by atoms with E-state index in [1.54, 1.807) is 0 Å². The maximum atomic E-state index is 12.1. The van der Waals surface area contributed by atoms with E-state index in [0.29, 0.717) is 12.5 Å². The molecule has 1 aliphatic carbocycles. The number of hydrogen-bond acceptors (Lipinski definition) is 3. The van der Waals surface area contributed by atoms with Gasteiger partial charge in [-0.15, -0.1) is 0 Å². The van der Waals surface area contributed by atoms with E-state index in [4.69, 9.17) is 5.73 Å². The van der Waals surface area contributed by atoms with Gasteiger partial charge in [0.25, 0.3) is 0 Å². The standard InChI is InChI=1S/C12H21N3O2/c13-11(16)9-14-5-7-15(8-6-14)12(17)10-3-1-2-4-10/h10H,1-9H2,(H2,13,16). The minimum Gasteiger partial charge on any atom is -0.369 e. The van der Waals surface area contributed by atoms with Gasteiger partial charge in [-0.2, -0.15) is 0 Å². The average Bonchev–Trinajstić information content (AvgIpc) is 2.82. The molecule has 0 unspecified atom stereocenters. The van der Waals surface area contributed by atoms with Crippen LogP contribution in [0.4, 0.5) is 0 Å². The van der Waals surface area contributed by atoms with E-state index in [0.717, 1.165) is 39.0 Å². The summed E-state index contributed by atoms with van der Waals surface area (Å²) in [6, 6.07) is 0. The van der Waals surface area contributed by atoms with Crippen LogP contribution in [0.1, 0.15) is 25.7 Å². The molecule has 0 bridgehead atoms. The fraction of sp³-hybridized carbons (Fsp3) is 0.833. The van der Waals surface area contributed by atoms with Crippen molar-refractivity contribution in [2.45, 2.75) is 25.7 Å². The van der Waals surface area contributed by atoms with Gasteiger partial charge in [0.2, 0.25) is 11.8 Å². The number of piperazine rings is 1. The van der Waals surface area contributed by atoms with Crippen molar-refractivity contribution in [3.63, 3.8) is 0 Å². The number of nitrogens with two attached hydrogens (primary N) is 1. The maximum Gasteiger partial charge on any atom is 0.231 e. The molecule has 0 radical (unpaired) electrons. The van der Waals surface area contributed by atoms with Gasteiger partial charge in [-0.1, -0.05) is 12.8 Å². The molecule has 5 nitrogen and oxygen atoms in total. The Labute approximate surface area is 102 Å². The molecule has 5 heteroatoms. The van der Waals surface area contributed by atoms with Crippen LogP contribution in [-0.2, 0) is 9.59 Å². The van der Waals surface area contributed by atoms with E-state index >= 15 is 0 Å². The molecule has 0 atom stereocenters. The number of amides is 2. The Morgan fingerprint density at radius 2 is 1.65 bits per heavy atom. The lowest BCUT2D eigenvalue weighted by Crippen LogP contribution is -2.51. The summed E-state index contributed by atoms with van der Waals surface area (Å²) < 4.78 is 0. The third kappa shape index (κ3) is 3.19. The zero-order chi connectivity index (χ0) is 12.3. The number of primary amides is 1. The van der Waals surface area contributed by atoms with Gasteiger partial charge in [0.05, 0.1) is 6.54 Å². The third-order valence-electron chi connectivity index (χ3n) is 3.77. The maximum absolute atomic E-state index is 12.1. The van der Waals surface area contributed by atoms with Gasteiger partial charge in [-0.05, 0) is 12.8 Å². The largest absolute Gasteiger partial charge is 0.369 e. The SMILES string of the molecule is NC(=O)CN1CCN(C(=O)C2CCCC2)CC1. The van der Waals surface area contributed by atoms with E-state index in [1.165, 1.54) is 12.8 Å². The molecule has 0 aromatic heterocycles. The van der Waals surface area contributed by atoms with Crippen LogP contribution in [0, 0.1) is 5.92 Å². The molecule has 1 aliphatic heterocycles. The van der Waals surface area contributed by atoms with Gasteiger partial charge < -0.3 is 10.6 Å². The fourth-order valence-corrected chi connectivity index (χ4v) is 2.78. The number of nitrogens with zero attached hydrogens (tertiary/aromatic N) is 2. The van der Waals surface area contributed by atoms with Gasteiger partial charge in [0.15, 0.2) is 0 Å². The molecule has 0 aromatic carbocycles. The first-order valence-corrected chi connectivity index (χ1v) is 6.46. The zero-order valence-corrected chi connectivity index (χ0v) is 10.2. The topological polar surface area (TPSA) is 66.6 Å². The second-order valence-corrected chi connectivity index (χ2v) is 5.05. The van der Waals surface area contributed by atoms with Crippen molar-refractivity contribution in [1.29, 1.82) is 0 Å². The van der Waals surface area contributed by atoms with Gasteiger partial charge in [0, 0.05) is 32.1 Å². The summed E-state index contributed by atoms with van der Waals surface area (Å²) in [4.78, 5) is 26.9. The Kier molecular flexibility index (Phi) is 3.99. The van der Waals surface area contributed by atoms with E-state index in [2.05, 4.69) is 0 Å². The summed E-state index contributed by atoms with van der Waals surface area (Å²) >= 11 is 0. The van der Waals surface area contributed by atoms with E-state index in [1.807, 2.05) is 9.80 Å². The Balaban J connectivity index is 1.78. The molecular formula is C12H21N3O2. The van der Waals surface area contributed by atoms with Crippen molar-refractivity contribution >= 4 is 11.8 Å². The van der Waals surface area contributed by atoms with Gasteiger partial charge >= 0.3 is 0 Å². The molecule has 2 rings (SSSR count). The van der Waals surface area contributed by atoms with Crippen molar-refractivity contribution in [2.24, 2.45) is 11.7 Å². The summed E-state index contributed by atoms with van der Waals surface area (Å²) in [5, 5.41) is 0. The molecular weight excluding hydrogens is 218 g/mol. The van der Waals surface area contributed by atoms with Crippen molar-refractivity contribution in [3.05, 3.63) is 0 Å². The van der Waals surface area contributed by atoms with Crippen LogP contribution >= 0.6 is 0 Å². The number of rotatable bonds is 3. The van der Waals surface area contributed by atoms with Crippen LogP contribution in [0.5, 0.6) is 0 Å². The molecule has 2 fully saturated rings. The molecule has 2 N–H and O–H groups in total. The van der Waals surface area contributed by atoms with Gasteiger partial charge in [-0.25, -0.2) is 0 Å². The van der Waals surface area contributed by atoms with Crippen LogP contribution in [0.25, 0.3) is 0 Å². The lowest BCUT2D eigenvalue weighted by molar-refractivity contribution is -0.137. The van der Waals surface area contributed by atoms with Crippen LogP contribution in [-0.4, -0.2) is 54.3 Å². The first kappa shape index (κ1) is 12.4. The van der Waals surface area contributed by atoms with Gasteiger partial charge in [-0.3, -0.25) is 14.5 Å². The quantitative estimate of drug-likeness (QED) is 0.742. The first-order chi connectivity index (χ1) is 8.16. The van der Waals surface area contributed by atoms with Crippen molar-refractivity contribution < 1.29 is 9.59 Å². The van der Waals surface area contributed by atoms with Crippen molar-refractivity contribution in [3.8, 4) is 0 Å². The van der Waals surface area contributed by atoms with Crippen molar-refractivity contribution in [2.75, 3.05) is 32.7 Å². The Morgan fingerprint density at radius 3 is 2.18 bits per heavy atom. The highest BCUT2D eigenvalue weighted by molar-refractivity contribution is 5.79. The summed E-state index contributed by atoms with van der Waals surface area (Å²) in [5.41, 5.74) is 5.16. The highest BCUT2D eigenvalue weighted by atomic mass is 16.2. The molecule has 17 heavy (non-hydrogen) atoms. The lowest BCUT2D eigenvalue weighted by Gasteiger charge is -2.35. The van der Waals surface area contributed by atoms with E-state index in [-0.39, 0.29) is 11.8 Å². The zero-order valence-electron chi connectivity index (χ0n) is 10.2. The second-order valence-electron chi connectivity index (χ2n) is 5.05. The highest BCUT2D eigenvalue weighted by Crippen LogP contribution is 2.26. The molecule has 1 saturated heterocycles. The summed E-state index contributed by atoms with van der Waals surface area (Å²) in [5.74, 6) is 0.291. The van der Waals surface area contributed by atoms with E-state index < -0.39 is 0 Å². The molecule has 0 aromatic rings. The smallest absolute Gasteiger partial charge is 0.231 e. The molecule has 2 aliphatic rings. The van der Waals surface area contributed by atoms with Crippen LogP contribution in [0.2, 0.25) is 0 Å². The second kappa shape index (κ2) is 5.49. The number of hydrogen-bond donors (Lipinski definition) is 1. The Morgan fingerprint density at radius 1 is 1.06 bits per heavy atom. The Bertz CT molecular complexity index is 292. The average molecular weight is 239 g/mol. The van der Waals surface area contributed by atoms with Crippen LogP contribution in [0.15, 0.2) is 0 Å². The summed E-state index contributed by atoms with van der Waals surface area (Å²) in [6.45, 7) is 3.32. The predicted molar refractivity (Wildman–Crippen MR) is 64.2 cm³/mol. The van der Waals surface area contributed by atoms with Crippen LogP contribution < -0.4 is 5.73 Å². The molecule has 2 amide bonds. The number of carbonyl (C=O) groups excluding carboxylic acids is 2. The number of carbonyl (C=O) groups is 2. The normalized spacial score (nSPS) is 22.9. The van der Waals surface area contributed by atoms with Crippen molar-refractivity contribution in [1.82, 2.24) is 9.80 Å². The van der Waals surface area contributed by atoms with Crippen LogP contribution in [0.3, 0.4) is 0 Å².